The zero-order valence-corrected chi connectivity index (χ0v) is 15.3. The number of aromatic nitrogens is 1. The molecule has 0 fully saturated rings. The summed E-state index contributed by atoms with van der Waals surface area (Å²) in [6.45, 7) is 3.71. The average Bonchev–Trinajstić information content (AvgIpc) is 3.10. The number of aryl methyl sites for hydroxylation is 1. The molecule has 0 bridgehead atoms. The topological polar surface area (TPSA) is 81.4 Å². The van der Waals surface area contributed by atoms with Crippen LogP contribution in [0.25, 0.3) is 11.0 Å². The van der Waals surface area contributed by atoms with Crippen molar-refractivity contribution in [3.05, 3.63) is 45.1 Å². The first kappa shape index (κ1) is 16.7. The van der Waals surface area contributed by atoms with Crippen LogP contribution in [0, 0.1) is 6.92 Å². The SMILES string of the molecule is CCOC(=O)c1sc(NC(=O)c2cc3cc(Br)ccc3o2)nc1C. The number of rotatable bonds is 4. The molecule has 0 atom stereocenters. The smallest absolute Gasteiger partial charge is 0.350 e. The van der Waals surface area contributed by atoms with Gasteiger partial charge in [0.1, 0.15) is 10.5 Å². The van der Waals surface area contributed by atoms with Gasteiger partial charge in [0, 0.05) is 9.86 Å². The predicted molar refractivity (Wildman–Crippen MR) is 94.7 cm³/mol. The quantitative estimate of drug-likeness (QED) is 0.647. The maximum atomic E-state index is 12.3. The van der Waals surface area contributed by atoms with Crippen molar-refractivity contribution < 1.29 is 18.7 Å². The summed E-state index contributed by atoms with van der Waals surface area (Å²) in [6, 6.07) is 7.14. The van der Waals surface area contributed by atoms with Gasteiger partial charge in [-0.15, -0.1) is 0 Å². The van der Waals surface area contributed by atoms with Crippen LogP contribution in [0.4, 0.5) is 5.13 Å². The van der Waals surface area contributed by atoms with Gasteiger partial charge in [-0.25, -0.2) is 9.78 Å². The van der Waals surface area contributed by atoms with Crippen molar-refractivity contribution in [1.29, 1.82) is 0 Å². The molecular formula is C16H13BrN2O4S. The molecule has 0 saturated carbocycles. The van der Waals surface area contributed by atoms with Gasteiger partial charge in [0.05, 0.1) is 12.3 Å². The molecule has 3 rings (SSSR count). The van der Waals surface area contributed by atoms with Gasteiger partial charge in [-0.3, -0.25) is 10.1 Å². The van der Waals surface area contributed by atoms with Crippen LogP contribution >= 0.6 is 27.3 Å². The normalized spacial score (nSPS) is 10.8. The fourth-order valence-corrected chi connectivity index (χ4v) is 3.35. The summed E-state index contributed by atoms with van der Waals surface area (Å²) in [7, 11) is 0. The van der Waals surface area contributed by atoms with E-state index in [1.54, 1.807) is 26.0 Å². The van der Waals surface area contributed by atoms with Crippen LogP contribution < -0.4 is 5.32 Å². The van der Waals surface area contributed by atoms with Crippen molar-refractivity contribution in [3.63, 3.8) is 0 Å². The van der Waals surface area contributed by atoms with Gasteiger partial charge < -0.3 is 9.15 Å². The number of thiazole rings is 1. The minimum atomic E-state index is -0.443. The number of nitrogens with zero attached hydrogens (tertiary/aromatic N) is 1. The Morgan fingerprint density at radius 2 is 2.17 bits per heavy atom. The summed E-state index contributed by atoms with van der Waals surface area (Å²) >= 11 is 4.45. The minimum Gasteiger partial charge on any atom is -0.462 e. The summed E-state index contributed by atoms with van der Waals surface area (Å²) in [5.74, 6) is -0.693. The number of furan rings is 1. The Hall–Kier alpha value is -2.19. The van der Waals surface area contributed by atoms with Crippen LogP contribution in [0.1, 0.15) is 32.8 Å². The first-order valence-corrected chi connectivity index (χ1v) is 8.74. The van der Waals surface area contributed by atoms with Gasteiger partial charge in [-0.05, 0) is 38.1 Å². The number of hydrogen-bond donors (Lipinski definition) is 1. The second-order valence-electron chi connectivity index (χ2n) is 4.90. The largest absolute Gasteiger partial charge is 0.462 e. The number of carbonyl (C=O) groups is 2. The van der Waals surface area contributed by atoms with E-state index in [-0.39, 0.29) is 12.4 Å². The maximum absolute atomic E-state index is 12.3. The molecule has 124 valence electrons. The van der Waals surface area contributed by atoms with Crippen LogP contribution in [-0.4, -0.2) is 23.5 Å². The van der Waals surface area contributed by atoms with Gasteiger partial charge >= 0.3 is 5.97 Å². The number of carbonyl (C=O) groups excluding carboxylic acids is 2. The Kier molecular flexibility index (Phi) is 4.68. The van der Waals surface area contributed by atoms with Crippen LogP contribution in [0.2, 0.25) is 0 Å². The van der Waals surface area contributed by atoms with Crippen molar-refractivity contribution in [2.75, 3.05) is 11.9 Å². The first-order chi connectivity index (χ1) is 11.5. The standard InChI is InChI=1S/C16H13BrN2O4S/c1-3-22-15(21)13-8(2)18-16(24-13)19-14(20)12-7-9-6-10(17)4-5-11(9)23-12/h4-7H,3H2,1-2H3,(H,18,19,20). The predicted octanol–water partition coefficient (Wildman–Crippen LogP) is 4.39. The Morgan fingerprint density at radius 3 is 2.92 bits per heavy atom. The van der Waals surface area contributed by atoms with Crippen molar-refractivity contribution >= 4 is 55.2 Å². The number of halogens is 1. The molecule has 3 aromatic rings. The van der Waals surface area contributed by atoms with Gasteiger partial charge in [0.25, 0.3) is 5.91 Å². The Morgan fingerprint density at radius 1 is 1.38 bits per heavy atom. The first-order valence-electron chi connectivity index (χ1n) is 7.13. The van der Waals surface area contributed by atoms with E-state index < -0.39 is 11.9 Å². The number of fused-ring (bicyclic) bond motifs is 1. The third-order valence-corrected chi connectivity index (χ3v) is 4.73. The van der Waals surface area contributed by atoms with E-state index in [1.807, 2.05) is 12.1 Å². The number of esters is 1. The lowest BCUT2D eigenvalue weighted by molar-refractivity contribution is 0.0531. The van der Waals surface area contributed by atoms with E-state index in [4.69, 9.17) is 9.15 Å². The van der Waals surface area contributed by atoms with Gasteiger partial charge in [-0.1, -0.05) is 27.3 Å². The lowest BCUT2D eigenvalue weighted by Gasteiger charge is -1.98. The maximum Gasteiger partial charge on any atom is 0.350 e. The second-order valence-corrected chi connectivity index (χ2v) is 6.82. The Bertz CT molecular complexity index is 931. The zero-order chi connectivity index (χ0) is 17.3. The van der Waals surface area contributed by atoms with E-state index in [2.05, 4.69) is 26.2 Å². The highest BCUT2D eigenvalue weighted by molar-refractivity contribution is 9.10. The fourth-order valence-electron chi connectivity index (χ4n) is 2.12. The molecule has 24 heavy (non-hydrogen) atoms. The molecule has 2 aromatic heterocycles. The molecule has 0 aliphatic carbocycles. The molecular weight excluding hydrogens is 396 g/mol. The van der Waals surface area contributed by atoms with Crippen molar-refractivity contribution in [2.24, 2.45) is 0 Å². The highest BCUT2D eigenvalue weighted by Gasteiger charge is 2.19. The number of benzene rings is 1. The van der Waals surface area contributed by atoms with Gasteiger partial charge in [-0.2, -0.15) is 0 Å². The summed E-state index contributed by atoms with van der Waals surface area (Å²) < 4.78 is 11.4. The molecule has 0 aliphatic rings. The molecule has 0 radical (unpaired) electrons. The molecule has 0 saturated heterocycles. The summed E-state index contributed by atoms with van der Waals surface area (Å²) in [5, 5.41) is 3.79. The van der Waals surface area contributed by atoms with Gasteiger partial charge in [0.2, 0.25) is 0 Å². The number of anilines is 1. The van der Waals surface area contributed by atoms with Gasteiger partial charge in [0.15, 0.2) is 10.9 Å². The Balaban J connectivity index is 1.81. The molecule has 2 heterocycles. The molecule has 0 unspecified atom stereocenters. The minimum absolute atomic E-state index is 0.175. The molecule has 1 aromatic carbocycles. The summed E-state index contributed by atoms with van der Waals surface area (Å²) in [4.78, 5) is 28.7. The van der Waals surface area contributed by atoms with E-state index >= 15 is 0 Å². The molecule has 1 N–H and O–H groups in total. The van der Waals surface area contributed by atoms with E-state index in [0.717, 1.165) is 21.2 Å². The Labute approximate surface area is 150 Å². The van der Waals surface area contributed by atoms with Crippen molar-refractivity contribution in [1.82, 2.24) is 4.98 Å². The number of amides is 1. The highest BCUT2D eigenvalue weighted by atomic mass is 79.9. The van der Waals surface area contributed by atoms with Crippen molar-refractivity contribution in [3.8, 4) is 0 Å². The van der Waals surface area contributed by atoms with Crippen molar-refractivity contribution in [2.45, 2.75) is 13.8 Å². The second kappa shape index (κ2) is 6.74. The fraction of sp³-hybridized carbons (Fsp3) is 0.188. The van der Waals surface area contributed by atoms with Crippen LogP contribution in [-0.2, 0) is 4.74 Å². The van der Waals surface area contributed by atoms with Crippen LogP contribution in [0.3, 0.4) is 0 Å². The average molecular weight is 409 g/mol. The lowest BCUT2D eigenvalue weighted by atomic mass is 10.2. The molecule has 1 amide bonds. The molecule has 0 aliphatic heterocycles. The number of ether oxygens (including phenoxy) is 1. The highest BCUT2D eigenvalue weighted by Crippen LogP contribution is 2.26. The summed E-state index contributed by atoms with van der Waals surface area (Å²) in [5.41, 5.74) is 1.13. The van der Waals surface area contributed by atoms with E-state index in [1.165, 1.54) is 0 Å². The molecule has 0 spiro atoms. The lowest BCUT2D eigenvalue weighted by Crippen LogP contribution is -2.10. The third-order valence-electron chi connectivity index (χ3n) is 3.18. The monoisotopic (exact) mass is 408 g/mol. The van der Waals surface area contributed by atoms with Crippen LogP contribution in [0.15, 0.2) is 33.2 Å². The molecule has 8 heteroatoms. The molecule has 6 nitrogen and oxygen atoms in total. The van der Waals surface area contributed by atoms with E-state index in [9.17, 15) is 9.59 Å². The third kappa shape index (κ3) is 3.34. The zero-order valence-electron chi connectivity index (χ0n) is 12.9. The number of nitrogens with one attached hydrogen (secondary N) is 1. The summed E-state index contributed by atoms with van der Waals surface area (Å²) in [6.07, 6.45) is 0. The van der Waals surface area contributed by atoms with Crippen LogP contribution in [0.5, 0.6) is 0 Å². The van der Waals surface area contributed by atoms with E-state index in [0.29, 0.717) is 21.3 Å². The number of hydrogen-bond acceptors (Lipinski definition) is 6.